The Bertz CT molecular complexity index is 408. The van der Waals surface area contributed by atoms with Crippen molar-refractivity contribution in [3.8, 4) is 0 Å². The lowest BCUT2D eigenvalue weighted by atomic mass is 10.1. The minimum Gasteiger partial charge on any atom is -0.398 e. The highest BCUT2D eigenvalue weighted by molar-refractivity contribution is 5.73. The Kier molecular flexibility index (Phi) is 10.7. The van der Waals surface area contributed by atoms with Crippen molar-refractivity contribution in [3.05, 3.63) is 35.9 Å². The van der Waals surface area contributed by atoms with Gasteiger partial charge in [-0.3, -0.25) is 0 Å². The number of nitrogens with zero attached hydrogens (tertiary/aromatic N) is 1. The Morgan fingerprint density at radius 2 is 1.86 bits per heavy atom. The number of benzene rings is 1. The van der Waals surface area contributed by atoms with Gasteiger partial charge in [0.15, 0.2) is 0 Å². The fourth-order valence-corrected chi connectivity index (χ4v) is 2.12. The number of anilines is 1. The van der Waals surface area contributed by atoms with Crippen molar-refractivity contribution < 1.29 is 0 Å². The van der Waals surface area contributed by atoms with E-state index in [1.165, 1.54) is 18.4 Å². The molecule has 1 rings (SSSR count). The SMILES string of the molecule is C/C(=C\CN(C)CCCC(C)C)c1ccccc1N.CC. The Balaban J connectivity index is 0.00000191. The van der Waals surface area contributed by atoms with Crippen LogP contribution < -0.4 is 5.73 Å². The van der Waals surface area contributed by atoms with Crippen molar-refractivity contribution in [1.82, 2.24) is 4.90 Å². The third-order valence-electron chi connectivity index (χ3n) is 3.42. The van der Waals surface area contributed by atoms with E-state index in [0.717, 1.165) is 30.3 Å². The van der Waals surface area contributed by atoms with Crippen LogP contribution in [0.2, 0.25) is 0 Å². The van der Waals surface area contributed by atoms with Gasteiger partial charge in [-0.1, -0.05) is 52.0 Å². The Labute approximate surface area is 132 Å². The van der Waals surface area contributed by atoms with Gasteiger partial charge in [0.2, 0.25) is 0 Å². The van der Waals surface area contributed by atoms with Gasteiger partial charge in [-0.25, -0.2) is 0 Å². The average molecular weight is 290 g/mol. The standard InChI is InChI=1S/C17H28N2.C2H6/c1-14(2)8-7-12-19(4)13-11-15(3)16-9-5-6-10-17(16)18;1-2/h5-6,9-11,14H,7-8,12-13,18H2,1-4H3;1-2H3/b15-11+;. The third kappa shape index (κ3) is 8.56. The molecule has 0 amide bonds. The number of rotatable bonds is 7. The van der Waals surface area contributed by atoms with Gasteiger partial charge in [-0.15, -0.1) is 0 Å². The summed E-state index contributed by atoms with van der Waals surface area (Å²) in [6.07, 6.45) is 4.84. The van der Waals surface area contributed by atoms with E-state index in [1.807, 2.05) is 32.0 Å². The first kappa shape index (κ1) is 19.7. The molecule has 0 heterocycles. The molecule has 0 unspecified atom stereocenters. The molecule has 1 aromatic carbocycles. The van der Waals surface area contributed by atoms with E-state index in [1.54, 1.807) is 0 Å². The number of hydrogen-bond acceptors (Lipinski definition) is 2. The summed E-state index contributed by atoms with van der Waals surface area (Å²) in [6, 6.07) is 8.05. The highest BCUT2D eigenvalue weighted by Gasteiger charge is 2.02. The number of allylic oxidation sites excluding steroid dienone is 1. The summed E-state index contributed by atoms with van der Waals surface area (Å²) < 4.78 is 0. The second-order valence-electron chi connectivity index (χ2n) is 5.77. The van der Waals surface area contributed by atoms with Gasteiger partial charge >= 0.3 is 0 Å². The van der Waals surface area contributed by atoms with Crippen molar-refractivity contribution in [1.29, 1.82) is 0 Å². The number of hydrogen-bond donors (Lipinski definition) is 1. The summed E-state index contributed by atoms with van der Waals surface area (Å²) in [5.41, 5.74) is 9.26. The van der Waals surface area contributed by atoms with E-state index in [-0.39, 0.29) is 0 Å². The molecule has 0 bridgehead atoms. The minimum atomic E-state index is 0.801. The molecule has 2 heteroatoms. The van der Waals surface area contributed by atoms with Crippen molar-refractivity contribution in [2.75, 3.05) is 25.9 Å². The topological polar surface area (TPSA) is 29.3 Å². The molecule has 0 atom stereocenters. The van der Waals surface area contributed by atoms with Gasteiger partial charge < -0.3 is 10.6 Å². The smallest absolute Gasteiger partial charge is 0.0390 e. The van der Waals surface area contributed by atoms with Crippen LogP contribution in [0, 0.1) is 5.92 Å². The van der Waals surface area contributed by atoms with E-state index in [2.05, 4.69) is 44.9 Å². The maximum absolute atomic E-state index is 5.99. The molecule has 0 aliphatic heterocycles. The van der Waals surface area contributed by atoms with Crippen LogP contribution in [-0.2, 0) is 0 Å². The van der Waals surface area contributed by atoms with Crippen LogP contribution in [0.15, 0.2) is 30.3 Å². The lowest BCUT2D eigenvalue weighted by Gasteiger charge is -2.16. The van der Waals surface area contributed by atoms with Crippen LogP contribution in [0.3, 0.4) is 0 Å². The zero-order valence-electron chi connectivity index (χ0n) is 14.8. The van der Waals surface area contributed by atoms with Crippen LogP contribution in [0.4, 0.5) is 5.69 Å². The molecular weight excluding hydrogens is 256 g/mol. The predicted octanol–water partition coefficient (Wildman–Crippen LogP) is 5.07. The Morgan fingerprint density at radius 1 is 1.24 bits per heavy atom. The van der Waals surface area contributed by atoms with Gasteiger partial charge in [-0.05, 0) is 50.9 Å². The molecule has 0 fully saturated rings. The summed E-state index contributed by atoms with van der Waals surface area (Å²) in [7, 11) is 2.18. The van der Waals surface area contributed by atoms with E-state index in [0.29, 0.717) is 0 Å². The fourth-order valence-electron chi connectivity index (χ4n) is 2.12. The lowest BCUT2D eigenvalue weighted by Crippen LogP contribution is -2.20. The second-order valence-corrected chi connectivity index (χ2v) is 5.77. The fraction of sp³-hybridized carbons (Fsp3) is 0.579. The molecule has 21 heavy (non-hydrogen) atoms. The maximum Gasteiger partial charge on any atom is 0.0390 e. The van der Waals surface area contributed by atoms with E-state index in [9.17, 15) is 0 Å². The lowest BCUT2D eigenvalue weighted by molar-refractivity contribution is 0.348. The molecule has 0 aliphatic carbocycles. The van der Waals surface area contributed by atoms with E-state index >= 15 is 0 Å². The molecule has 0 aromatic heterocycles. The summed E-state index contributed by atoms with van der Waals surface area (Å²) in [6.45, 7) is 12.8. The van der Waals surface area contributed by atoms with Crippen LogP contribution >= 0.6 is 0 Å². The number of nitrogens with two attached hydrogens (primary N) is 1. The van der Waals surface area contributed by atoms with Crippen molar-refractivity contribution >= 4 is 11.3 Å². The molecular formula is C19H34N2. The van der Waals surface area contributed by atoms with Gasteiger partial charge in [-0.2, -0.15) is 0 Å². The highest BCUT2D eigenvalue weighted by atomic mass is 15.1. The van der Waals surface area contributed by atoms with Crippen molar-refractivity contribution in [2.24, 2.45) is 5.92 Å². The monoisotopic (exact) mass is 290 g/mol. The summed E-state index contributed by atoms with van der Waals surface area (Å²) in [5.74, 6) is 0.801. The third-order valence-corrected chi connectivity index (χ3v) is 3.42. The van der Waals surface area contributed by atoms with Crippen LogP contribution in [0.25, 0.3) is 5.57 Å². The quantitative estimate of drug-likeness (QED) is 0.711. The zero-order valence-corrected chi connectivity index (χ0v) is 14.8. The Hall–Kier alpha value is -1.28. The van der Waals surface area contributed by atoms with Crippen LogP contribution in [-0.4, -0.2) is 25.0 Å². The van der Waals surface area contributed by atoms with Gasteiger partial charge in [0.1, 0.15) is 0 Å². The largest absolute Gasteiger partial charge is 0.398 e. The normalized spacial score (nSPS) is 11.5. The number of nitrogen functional groups attached to an aromatic ring is 1. The average Bonchev–Trinajstić information content (AvgIpc) is 2.47. The van der Waals surface area contributed by atoms with Gasteiger partial charge in [0.25, 0.3) is 0 Å². The molecule has 0 radical (unpaired) electrons. The first-order chi connectivity index (χ1) is 10.0. The molecule has 1 aromatic rings. The van der Waals surface area contributed by atoms with Crippen molar-refractivity contribution in [3.63, 3.8) is 0 Å². The summed E-state index contributed by atoms with van der Waals surface area (Å²) in [5, 5.41) is 0. The first-order valence-corrected chi connectivity index (χ1v) is 8.21. The zero-order chi connectivity index (χ0) is 16.3. The van der Waals surface area contributed by atoms with Crippen molar-refractivity contribution in [2.45, 2.75) is 47.5 Å². The molecule has 120 valence electrons. The summed E-state index contributed by atoms with van der Waals surface area (Å²) >= 11 is 0. The van der Waals surface area contributed by atoms with E-state index in [4.69, 9.17) is 5.73 Å². The van der Waals surface area contributed by atoms with E-state index < -0.39 is 0 Å². The molecule has 2 nitrogen and oxygen atoms in total. The van der Waals surface area contributed by atoms with Gasteiger partial charge in [0.05, 0.1) is 0 Å². The van der Waals surface area contributed by atoms with Crippen LogP contribution in [0.5, 0.6) is 0 Å². The number of para-hydroxylation sites is 1. The molecule has 0 spiro atoms. The second kappa shape index (κ2) is 11.4. The minimum absolute atomic E-state index is 0.801. The predicted molar refractivity (Wildman–Crippen MR) is 97.4 cm³/mol. The molecule has 0 saturated carbocycles. The number of likely N-dealkylation sites (N-methyl/N-ethyl adjacent to an activating group) is 1. The Morgan fingerprint density at radius 3 is 2.43 bits per heavy atom. The van der Waals surface area contributed by atoms with Gasteiger partial charge in [0, 0.05) is 17.8 Å². The summed E-state index contributed by atoms with van der Waals surface area (Å²) in [4.78, 5) is 2.37. The molecule has 2 N–H and O–H groups in total. The maximum atomic E-state index is 5.99. The molecule has 0 saturated heterocycles. The first-order valence-electron chi connectivity index (χ1n) is 8.21. The molecule has 0 aliphatic rings. The highest BCUT2D eigenvalue weighted by Crippen LogP contribution is 2.20. The van der Waals surface area contributed by atoms with Crippen LogP contribution in [0.1, 0.15) is 53.0 Å².